The van der Waals surface area contributed by atoms with Crippen LogP contribution >= 0.6 is 11.6 Å². The number of hydrogen-bond donors (Lipinski definition) is 2. The van der Waals surface area contributed by atoms with E-state index >= 15 is 0 Å². The molecule has 0 spiro atoms. The minimum absolute atomic E-state index is 0.0147. The number of rotatable bonds is 7. The summed E-state index contributed by atoms with van der Waals surface area (Å²) in [6.45, 7) is 2.34. The van der Waals surface area contributed by atoms with Crippen LogP contribution in [-0.4, -0.2) is 32.7 Å². The lowest BCUT2D eigenvalue weighted by atomic mass is 10.1. The first-order valence-corrected chi connectivity index (χ1v) is 9.69. The second kappa shape index (κ2) is 8.51. The number of nitrogens with one attached hydrogen (secondary N) is 1. The van der Waals surface area contributed by atoms with E-state index in [-0.39, 0.29) is 12.6 Å². The summed E-state index contributed by atoms with van der Waals surface area (Å²) in [5.41, 5.74) is 2.67. The van der Waals surface area contributed by atoms with Gasteiger partial charge in [0, 0.05) is 16.9 Å². The Morgan fingerprint density at radius 1 is 1.14 bits per heavy atom. The van der Waals surface area contributed by atoms with Gasteiger partial charge in [0.15, 0.2) is 0 Å². The van der Waals surface area contributed by atoms with E-state index in [9.17, 15) is 5.11 Å². The molecule has 7 heteroatoms. The number of fused-ring (bicyclic) bond motifs is 1. The van der Waals surface area contributed by atoms with E-state index in [2.05, 4.69) is 15.0 Å². The molecule has 0 aliphatic heterocycles. The lowest BCUT2D eigenvalue weighted by Gasteiger charge is -2.30. The molecule has 0 saturated heterocycles. The molecule has 6 nitrogen and oxygen atoms in total. The van der Waals surface area contributed by atoms with Crippen LogP contribution in [0.2, 0.25) is 5.02 Å². The molecule has 2 aromatic heterocycles. The molecule has 0 aliphatic carbocycles. The van der Waals surface area contributed by atoms with Gasteiger partial charge in [-0.3, -0.25) is 0 Å². The van der Waals surface area contributed by atoms with Crippen molar-refractivity contribution in [1.82, 2.24) is 15.0 Å². The van der Waals surface area contributed by atoms with Crippen LogP contribution in [0.1, 0.15) is 12.5 Å². The predicted octanol–water partition coefficient (Wildman–Crippen LogP) is 4.71. The van der Waals surface area contributed by atoms with Gasteiger partial charge in [0.25, 0.3) is 0 Å². The van der Waals surface area contributed by atoms with E-state index in [4.69, 9.17) is 16.3 Å². The molecule has 1 unspecified atom stereocenters. The third-order valence-corrected chi connectivity index (χ3v) is 4.89. The highest BCUT2D eigenvalue weighted by Gasteiger charge is 2.20. The van der Waals surface area contributed by atoms with E-state index in [0.29, 0.717) is 17.4 Å². The Bertz CT molecular complexity index is 1110. The standard InChI is InChI=1S/C22H21ClN4O2/c1-15(12-28)27(22-20-8-9-24-21(20)25-14-26-22)18-6-2-4-16(10-18)13-29-19-7-3-5-17(23)11-19/h2-11,14-15,28H,12-13H2,1H3,(H,24,25,26). The summed E-state index contributed by atoms with van der Waals surface area (Å²) in [6.07, 6.45) is 3.36. The summed E-state index contributed by atoms with van der Waals surface area (Å²) in [7, 11) is 0. The van der Waals surface area contributed by atoms with Gasteiger partial charge in [-0.15, -0.1) is 0 Å². The van der Waals surface area contributed by atoms with Gasteiger partial charge in [0.05, 0.1) is 18.0 Å². The van der Waals surface area contributed by atoms with Gasteiger partial charge in [-0.2, -0.15) is 0 Å². The number of aromatic amines is 1. The monoisotopic (exact) mass is 408 g/mol. The number of aliphatic hydroxyl groups is 1. The van der Waals surface area contributed by atoms with Gasteiger partial charge in [-0.05, 0) is 48.9 Å². The summed E-state index contributed by atoms with van der Waals surface area (Å²) in [5, 5.41) is 11.4. The molecule has 148 valence electrons. The lowest BCUT2D eigenvalue weighted by Crippen LogP contribution is -2.32. The van der Waals surface area contributed by atoms with Gasteiger partial charge in [-0.25, -0.2) is 9.97 Å². The van der Waals surface area contributed by atoms with Crippen molar-refractivity contribution in [1.29, 1.82) is 0 Å². The van der Waals surface area contributed by atoms with Crippen LogP contribution in [0.25, 0.3) is 11.0 Å². The summed E-state index contributed by atoms with van der Waals surface area (Å²) >= 11 is 6.03. The van der Waals surface area contributed by atoms with E-state index in [1.54, 1.807) is 6.07 Å². The van der Waals surface area contributed by atoms with Crippen molar-refractivity contribution in [2.24, 2.45) is 0 Å². The molecule has 0 saturated carbocycles. The third kappa shape index (κ3) is 4.18. The largest absolute Gasteiger partial charge is 0.489 e. The van der Waals surface area contributed by atoms with Gasteiger partial charge >= 0.3 is 0 Å². The molecule has 2 N–H and O–H groups in total. The second-order valence-corrected chi connectivity index (χ2v) is 7.19. The minimum Gasteiger partial charge on any atom is -0.489 e. The maximum absolute atomic E-state index is 9.87. The molecule has 0 bridgehead atoms. The number of aliphatic hydroxyl groups excluding tert-OH is 1. The number of nitrogens with zero attached hydrogens (tertiary/aromatic N) is 3. The Morgan fingerprint density at radius 2 is 2.00 bits per heavy atom. The normalized spacial score (nSPS) is 12.1. The zero-order valence-electron chi connectivity index (χ0n) is 15.9. The molecule has 2 aromatic carbocycles. The summed E-state index contributed by atoms with van der Waals surface area (Å²) in [5.74, 6) is 1.46. The van der Waals surface area contributed by atoms with E-state index in [1.807, 2.05) is 66.6 Å². The van der Waals surface area contributed by atoms with Gasteiger partial charge < -0.3 is 19.7 Å². The summed E-state index contributed by atoms with van der Waals surface area (Å²) in [4.78, 5) is 13.9. The minimum atomic E-state index is -0.174. The van der Waals surface area contributed by atoms with E-state index in [0.717, 1.165) is 28.1 Å². The molecular weight excluding hydrogens is 388 g/mol. The van der Waals surface area contributed by atoms with Crippen LogP contribution in [0.5, 0.6) is 5.75 Å². The number of aromatic nitrogens is 3. The van der Waals surface area contributed by atoms with Crippen LogP contribution in [0.3, 0.4) is 0 Å². The van der Waals surface area contributed by atoms with Crippen molar-refractivity contribution < 1.29 is 9.84 Å². The van der Waals surface area contributed by atoms with Crippen molar-refractivity contribution in [3.63, 3.8) is 0 Å². The highest BCUT2D eigenvalue weighted by Crippen LogP contribution is 2.32. The molecular formula is C22H21ClN4O2. The van der Waals surface area contributed by atoms with Gasteiger partial charge in [0.2, 0.25) is 0 Å². The molecule has 0 aliphatic rings. The van der Waals surface area contributed by atoms with Crippen molar-refractivity contribution in [3.8, 4) is 5.75 Å². The second-order valence-electron chi connectivity index (χ2n) is 6.75. The average Bonchev–Trinajstić information content (AvgIpc) is 3.22. The first kappa shape index (κ1) is 19.2. The molecule has 0 amide bonds. The summed E-state index contributed by atoms with van der Waals surface area (Å²) in [6, 6.07) is 17.1. The SMILES string of the molecule is CC(CO)N(c1cccc(COc2cccc(Cl)c2)c1)c1ncnc2[nH]ccc12. The Kier molecular flexibility index (Phi) is 5.64. The maximum Gasteiger partial charge on any atom is 0.146 e. The smallest absolute Gasteiger partial charge is 0.146 e. The fourth-order valence-electron chi connectivity index (χ4n) is 3.24. The predicted molar refractivity (Wildman–Crippen MR) is 115 cm³/mol. The zero-order valence-corrected chi connectivity index (χ0v) is 16.7. The van der Waals surface area contributed by atoms with Crippen LogP contribution < -0.4 is 9.64 Å². The Morgan fingerprint density at radius 3 is 2.83 bits per heavy atom. The Hall–Kier alpha value is -3.09. The number of ether oxygens (including phenoxy) is 1. The molecule has 1 atom stereocenters. The third-order valence-electron chi connectivity index (χ3n) is 4.66. The molecule has 4 rings (SSSR count). The highest BCUT2D eigenvalue weighted by atomic mass is 35.5. The maximum atomic E-state index is 9.87. The van der Waals surface area contributed by atoms with Crippen molar-refractivity contribution >= 4 is 34.1 Å². The van der Waals surface area contributed by atoms with Crippen LogP contribution in [0.15, 0.2) is 67.1 Å². The van der Waals surface area contributed by atoms with Crippen LogP contribution in [0, 0.1) is 0 Å². The van der Waals surface area contributed by atoms with Crippen LogP contribution in [-0.2, 0) is 6.61 Å². The first-order valence-electron chi connectivity index (χ1n) is 9.31. The Labute approximate surface area is 173 Å². The zero-order chi connectivity index (χ0) is 20.2. The van der Waals surface area contributed by atoms with Crippen molar-refractivity contribution in [2.45, 2.75) is 19.6 Å². The van der Waals surface area contributed by atoms with Crippen molar-refractivity contribution in [2.75, 3.05) is 11.5 Å². The molecule has 0 radical (unpaired) electrons. The Balaban J connectivity index is 1.65. The highest BCUT2D eigenvalue weighted by molar-refractivity contribution is 6.30. The topological polar surface area (TPSA) is 74.3 Å². The fourth-order valence-corrected chi connectivity index (χ4v) is 3.42. The molecule has 4 aromatic rings. The summed E-state index contributed by atoms with van der Waals surface area (Å²) < 4.78 is 5.88. The number of halogens is 1. The average molecular weight is 409 g/mol. The number of H-pyrrole nitrogens is 1. The van der Waals surface area contributed by atoms with Gasteiger partial charge in [-0.1, -0.05) is 29.8 Å². The molecule has 2 heterocycles. The van der Waals surface area contributed by atoms with E-state index < -0.39 is 0 Å². The van der Waals surface area contributed by atoms with Crippen LogP contribution in [0.4, 0.5) is 11.5 Å². The number of anilines is 2. The first-order chi connectivity index (χ1) is 14.2. The molecule has 29 heavy (non-hydrogen) atoms. The van der Waals surface area contributed by atoms with E-state index in [1.165, 1.54) is 6.33 Å². The van der Waals surface area contributed by atoms with Gasteiger partial charge in [0.1, 0.15) is 30.1 Å². The molecule has 0 fully saturated rings. The van der Waals surface area contributed by atoms with Crippen molar-refractivity contribution in [3.05, 3.63) is 77.7 Å². The lowest BCUT2D eigenvalue weighted by molar-refractivity contribution is 0.272. The number of hydrogen-bond acceptors (Lipinski definition) is 5. The quantitative estimate of drug-likeness (QED) is 0.463. The number of benzene rings is 2. The fraction of sp³-hybridized carbons (Fsp3) is 0.182.